The molecule has 0 radical (unpaired) electrons. The number of amides is 2. The molecule has 1 atom stereocenters. The van der Waals surface area contributed by atoms with E-state index in [-0.39, 0.29) is 47.7 Å². The first-order chi connectivity index (χ1) is 18.4. The summed E-state index contributed by atoms with van der Waals surface area (Å²) in [5, 5.41) is 19.6. The molecule has 3 N–H and O–H groups in total. The number of likely N-dealkylation sites (tertiary alicyclic amines) is 1. The number of aromatic nitrogens is 3. The topological polar surface area (TPSA) is 120 Å². The molecule has 9 nitrogen and oxygen atoms in total. The van der Waals surface area contributed by atoms with E-state index in [0.29, 0.717) is 30.6 Å². The van der Waals surface area contributed by atoms with Crippen LogP contribution in [0.25, 0.3) is 11.3 Å². The Balaban J connectivity index is 1.22. The van der Waals surface area contributed by atoms with Crippen LogP contribution in [0.1, 0.15) is 67.4 Å². The second kappa shape index (κ2) is 9.76. The van der Waals surface area contributed by atoms with E-state index in [1.807, 2.05) is 0 Å². The molecule has 13 heteroatoms. The summed E-state index contributed by atoms with van der Waals surface area (Å²) in [6.07, 6.45) is -2.10. The lowest BCUT2D eigenvalue weighted by Gasteiger charge is -2.41. The fourth-order valence-corrected chi connectivity index (χ4v) is 5.99. The van der Waals surface area contributed by atoms with Gasteiger partial charge >= 0.3 is 6.18 Å². The molecule has 1 spiro atoms. The molecular formula is C26H31F4N5O4. The maximum Gasteiger partial charge on any atom is 0.417 e. The Bertz CT molecular complexity index is 1270. The van der Waals surface area contributed by atoms with Crippen LogP contribution in [0.4, 0.5) is 17.6 Å². The van der Waals surface area contributed by atoms with Gasteiger partial charge in [-0.15, -0.1) is 0 Å². The number of carbonyl (C=O) groups excluding carboxylic acids is 2. The normalized spacial score (nSPS) is 26.4. The number of ether oxygens (including phenoxy) is 1. The van der Waals surface area contributed by atoms with Gasteiger partial charge in [-0.05, 0) is 64.4 Å². The van der Waals surface area contributed by atoms with Gasteiger partial charge in [-0.1, -0.05) is 0 Å². The molecule has 2 amide bonds. The molecule has 39 heavy (non-hydrogen) atoms. The molecule has 0 bridgehead atoms. The largest absolute Gasteiger partial charge is 0.481 e. The minimum atomic E-state index is -4.69. The van der Waals surface area contributed by atoms with Crippen molar-refractivity contribution in [2.45, 2.75) is 81.6 Å². The van der Waals surface area contributed by atoms with Crippen molar-refractivity contribution in [1.29, 1.82) is 0 Å². The molecule has 2 aliphatic carbocycles. The second-order valence-corrected chi connectivity index (χ2v) is 11.0. The molecule has 1 saturated heterocycles. The lowest BCUT2D eigenvalue weighted by Crippen LogP contribution is -2.54. The highest BCUT2D eigenvalue weighted by Crippen LogP contribution is 2.51. The van der Waals surface area contributed by atoms with Crippen molar-refractivity contribution in [3.05, 3.63) is 29.3 Å². The van der Waals surface area contributed by atoms with Gasteiger partial charge in [0.2, 0.25) is 11.8 Å². The molecule has 2 saturated carbocycles. The number of rotatable bonds is 5. The molecule has 0 unspecified atom stereocenters. The summed E-state index contributed by atoms with van der Waals surface area (Å²) in [7, 11) is 1.43. The van der Waals surface area contributed by atoms with Gasteiger partial charge in [-0.3, -0.25) is 14.7 Å². The number of H-pyrrole nitrogens is 1. The number of hydrogen-bond donors (Lipinski definition) is 3. The Morgan fingerprint density at radius 1 is 1.21 bits per heavy atom. The lowest BCUT2D eigenvalue weighted by atomic mass is 9.81. The first kappa shape index (κ1) is 27.4. The van der Waals surface area contributed by atoms with Gasteiger partial charge in [0, 0.05) is 35.2 Å². The smallest absolute Gasteiger partial charge is 0.417 e. The maximum absolute atomic E-state index is 14.6. The fraction of sp³-hybridized carbons (Fsp3) is 0.615. The van der Waals surface area contributed by atoms with Gasteiger partial charge in [0.1, 0.15) is 0 Å². The van der Waals surface area contributed by atoms with Crippen LogP contribution in [-0.2, 0) is 4.79 Å². The number of aromatic amines is 1. The van der Waals surface area contributed by atoms with Crippen LogP contribution in [0.15, 0.2) is 12.3 Å². The van der Waals surface area contributed by atoms with Gasteiger partial charge in [-0.2, -0.15) is 18.3 Å². The third-order valence-corrected chi connectivity index (χ3v) is 8.52. The molecule has 2 aromatic rings. The molecule has 1 aliphatic heterocycles. The standard InChI is InChI=1S/C26H31F4N5O4/c1-14-20(17(27)13-31-22(14)39-2)18-11-19(34-33-18)23(37)35-10-5-15(12-24(35)8-9-24)21(36)32-16-3-6-25(38,7-4-16)26(28,29)30/h11,13,15-16,38H,3-10,12H2,1-2H3,(H,32,36)(H,33,34)/t15-,16-,25-/m1/s1. The summed E-state index contributed by atoms with van der Waals surface area (Å²) in [6.45, 7) is 1.99. The van der Waals surface area contributed by atoms with Crippen molar-refractivity contribution in [3.63, 3.8) is 0 Å². The summed E-state index contributed by atoms with van der Waals surface area (Å²) in [5.41, 5.74) is -2.04. The van der Waals surface area contributed by atoms with Gasteiger partial charge in [-0.25, -0.2) is 9.37 Å². The summed E-state index contributed by atoms with van der Waals surface area (Å²) < 4.78 is 59.0. The average Bonchev–Trinajstić information content (AvgIpc) is 3.47. The summed E-state index contributed by atoms with van der Waals surface area (Å²) in [5.74, 6) is -1.23. The Labute approximate surface area is 222 Å². The molecular weight excluding hydrogens is 522 g/mol. The quantitative estimate of drug-likeness (QED) is 0.486. The van der Waals surface area contributed by atoms with Gasteiger partial charge in [0.05, 0.1) is 19.0 Å². The molecule has 3 fully saturated rings. The maximum atomic E-state index is 14.6. The number of carbonyl (C=O) groups is 2. The number of alkyl halides is 3. The van der Waals surface area contributed by atoms with Crippen LogP contribution in [0, 0.1) is 18.7 Å². The van der Waals surface area contributed by atoms with Crippen molar-refractivity contribution in [2.75, 3.05) is 13.7 Å². The van der Waals surface area contributed by atoms with E-state index in [1.54, 1.807) is 11.8 Å². The van der Waals surface area contributed by atoms with Crippen LogP contribution in [-0.4, -0.2) is 74.0 Å². The number of piperidine rings is 1. The Hall–Kier alpha value is -3.22. The third-order valence-electron chi connectivity index (χ3n) is 8.52. The molecule has 2 aromatic heterocycles. The van der Waals surface area contributed by atoms with Crippen molar-refractivity contribution in [2.24, 2.45) is 5.92 Å². The van der Waals surface area contributed by atoms with E-state index in [9.17, 15) is 32.3 Å². The van der Waals surface area contributed by atoms with E-state index in [4.69, 9.17) is 4.74 Å². The van der Waals surface area contributed by atoms with E-state index in [2.05, 4.69) is 20.5 Å². The third kappa shape index (κ3) is 4.96. The number of pyridine rings is 1. The monoisotopic (exact) mass is 553 g/mol. The fourth-order valence-electron chi connectivity index (χ4n) is 5.99. The van der Waals surface area contributed by atoms with Gasteiger partial charge < -0.3 is 20.1 Å². The van der Waals surface area contributed by atoms with Gasteiger partial charge in [0.15, 0.2) is 17.1 Å². The SMILES string of the molecule is COc1ncc(F)c(-c2cc(C(=O)N3CC[C@@H](C(=O)N[C@H]4CC[C@@](O)(C(F)(F)F)CC4)CC34CC4)n[nH]2)c1C. The van der Waals surface area contributed by atoms with Crippen LogP contribution < -0.4 is 10.1 Å². The van der Waals surface area contributed by atoms with E-state index < -0.39 is 42.0 Å². The highest BCUT2D eigenvalue weighted by Gasteiger charge is 2.56. The minimum Gasteiger partial charge on any atom is -0.481 e. The molecule has 3 aliphatic rings. The van der Waals surface area contributed by atoms with E-state index in [0.717, 1.165) is 19.0 Å². The first-order valence-electron chi connectivity index (χ1n) is 13.0. The van der Waals surface area contributed by atoms with Crippen molar-refractivity contribution in [3.8, 4) is 17.1 Å². The predicted octanol–water partition coefficient (Wildman–Crippen LogP) is 3.66. The van der Waals surface area contributed by atoms with Crippen molar-refractivity contribution in [1.82, 2.24) is 25.4 Å². The zero-order valence-corrected chi connectivity index (χ0v) is 21.7. The summed E-state index contributed by atoms with van der Waals surface area (Å²) in [6, 6.07) is 1.07. The van der Waals surface area contributed by atoms with Crippen LogP contribution in [0.2, 0.25) is 0 Å². The second-order valence-electron chi connectivity index (χ2n) is 11.0. The molecule has 3 heterocycles. The number of methoxy groups -OCH3 is 1. The number of hydrogen-bond acceptors (Lipinski definition) is 6. The highest BCUT2D eigenvalue weighted by molar-refractivity contribution is 5.94. The highest BCUT2D eigenvalue weighted by atomic mass is 19.4. The number of halogens is 4. The Morgan fingerprint density at radius 3 is 2.51 bits per heavy atom. The summed E-state index contributed by atoms with van der Waals surface area (Å²) >= 11 is 0. The van der Waals surface area contributed by atoms with Crippen molar-refractivity contribution < 1.29 is 37.0 Å². The van der Waals surface area contributed by atoms with Gasteiger partial charge in [0.25, 0.3) is 5.91 Å². The first-order valence-corrected chi connectivity index (χ1v) is 13.0. The van der Waals surface area contributed by atoms with Crippen LogP contribution in [0.5, 0.6) is 5.88 Å². The van der Waals surface area contributed by atoms with Crippen LogP contribution >= 0.6 is 0 Å². The number of nitrogens with zero attached hydrogens (tertiary/aromatic N) is 3. The zero-order chi connectivity index (χ0) is 28.2. The van der Waals surface area contributed by atoms with E-state index >= 15 is 0 Å². The predicted molar refractivity (Wildman–Crippen MR) is 130 cm³/mol. The summed E-state index contributed by atoms with van der Waals surface area (Å²) in [4.78, 5) is 32.1. The lowest BCUT2D eigenvalue weighted by molar-refractivity contribution is -0.270. The zero-order valence-electron chi connectivity index (χ0n) is 21.7. The van der Waals surface area contributed by atoms with Crippen molar-refractivity contribution >= 4 is 11.8 Å². The molecule has 0 aromatic carbocycles. The Morgan fingerprint density at radius 2 is 1.90 bits per heavy atom. The number of aliphatic hydroxyl groups is 1. The average molecular weight is 554 g/mol. The number of nitrogens with one attached hydrogen (secondary N) is 2. The van der Waals surface area contributed by atoms with Crippen LogP contribution in [0.3, 0.4) is 0 Å². The molecule has 5 rings (SSSR count). The van der Waals surface area contributed by atoms with E-state index in [1.165, 1.54) is 13.2 Å². The molecule has 212 valence electrons. The Kier molecular flexibility index (Phi) is 6.84. The minimum absolute atomic E-state index is 0.0507.